The van der Waals surface area contributed by atoms with Crippen molar-refractivity contribution in [3.63, 3.8) is 0 Å². The van der Waals surface area contributed by atoms with Crippen LogP contribution in [0.25, 0.3) is 0 Å². The van der Waals surface area contributed by atoms with E-state index in [9.17, 15) is 22.8 Å². The van der Waals surface area contributed by atoms with Gasteiger partial charge in [-0.05, 0) is 24.3 Å². The van der Waals surface area contributed by atoms with Gasteiger partial charge >= 0.3 is 12.2 Å². The summed E-state index contributed by atoms with van der Waals surface area (Å²) in [6.07, 6.45) is -4.48. The fraction of sp³-hybridized carbons (Fsp3) is 0.667. The number of tetrazole rings is 1. The maximum atomic E-state index is 12.3. The Balaban J connectivity index is 2.63. The monoisotopic (exact) mass is 326 g/mol. The Morgan fingerprint density at radius 3 is 2.67 bits per heavy atom. The first kappa shape index (κ1) is 17.2. The molecule has 0 aliphatic heterocycles. The lowest BCUT2D eigenvalue weighted by Gasteiger charge is -2.11. The van der Waals surface area contributed by atoms with E-state index in [0.717, 1.165) is 11.8 Å². The van der Waals surface area contributed by atoms with Gasteiger partial charge in [-0.1, -0.05) is 11.8 Å². The van der Waals surface area contributed by atoms with Crippen molar-refractivity contribution in [3.05, 3.63) is 0 Å². The molecule has 0 fully saturated rings. The third-order valence-corrected chi connectivity index (χ3v) is 3.12. The van der Waals surface area contributed by atoms with Crippen LogP contribution in [-0.4, -0.2) is 50.1 Å². The van der Waals surface area contributed by atoms with Crippen molar-refractivity contribution in [1.82, 2.24) is 30.8 Å². The van der Waals surface area contributed by atoms with Crippen LogP contribution in [0.1, 0.15) is 13.8 Å². The van der Waals surface area contributed by atoms with Gasteiger partial charge in [0, 0.05) is 6.54 Å². The normalized spacial score (nSPS) is 12.8. The number of carbonyl (C=O) groups excluding carboxylic acids is 2. The van der Waals surface area contributed by atoms with Gasteiger partial charge in [-0.15, -0.1) is 5.10 Å². The van der Waals surface area contributed by atoms with Gasteiger partial charge < -0.3 is 5.32 Å². The van der Waals surface area contributed by atoms with Crippen molar-refractivity contribution >= 4 is 23.7 Å². The first-order chi connectivity index (χ1) is 9.73. The van der Waals surface area contributed by atoms with E-state index in [1.807, 2.05) is 0 Å². The molecule has 1 heterocycles. The second kappa shape index (κ2) is 7.24. The summed E-state index contributed by atoms with van der Waals surface area (Å²) in [5, 5.41) is 13.2. The lowest BCUT2D eigenvalue weighted by atomic mass is 10.4. The highest BCUT2D eigenvalue weighted by Crippen LogP contribution is 2.23. The summed E-state index contributed by atoms with van der Waals surface area (Å²) in [5.74, 6) is -0.660. The number of rotatable bonds is 5. The molecule has 0 aliphatic carbocycles. The number of imide groups is 1. The van der Waals surface area contributed by atoms with Gasteiger partial charge in [0.1, 0.15) is 6.54 Å². The van der Waals surface area contributed by atoms with Gasteiger partial charge in [0.05, 0.1) is 5.25 Å². The highest BCUT2D eigenvalue weighted by Gasteiger charge is 2.31. The molecule has 0 aliphatic rings. The number of nitrogens with one attached hydrogen (secondary N) is 2. The van der Waals surface area contributed by atoms with Gasteiger partial charge in [-0.25, -0.2) is 9.48 Å². The molecule has 0 bridgehead atoms. The first-order valence-electron chi connectivity index (χ1n) is 5.81. The fourth-order valence-electron chi connectivity index (χ4n) is 1.18. The average molecular weight is 326 g/mol. The molecular weight excluding hydrogens is 313 g/mol. The molecule has 21 heavy (non-hydrogen) atoms. The van der Waals surface area contributed by atoms with Crippen molar-refractivity contribution in [1.29, 1.82) is 0 Å². The second-order valence-corrected chi connectivity index (χ2v) is 5.15. The minimum atomic E-state index is -4.48. The molecule has 1 rings (SSSR count). The highest BCUT2D eigenvalue weighted by atomic mass is 32.2. The van der Waals surface area contributed by atoms with E-state index in [1.165, 1.54) is 6.92 Å². The van der Waals surface area contributed by atoms with Crippen LogP contribution >= 0.6 is 11.8 Å². The number of hydrogen-bond donors (Lipinski definition) is 2. The molecule has 1 aromatic heterocycles. The van der Waals surface area contributed by atoms with Crippen LogP contribution in [0.5, 0.6) is 0 Å². The van der Waals surface area contributed by atoms with Crippen LogP contribution in [0, 0.1) is 0 Å². The highest BCUT2D eigenvalue weighted by molar-refractivity contribution is 8.00. The number of amides is 3. The predicted octanol–water partition coefficient (Wildman–Crippen LogP) is 0.562. The molecule has 118 valence electrons. The zero-order chi connectivity index (χ0) is 16.0. The Labute approximate surface area is 121 Å². The van der Waals surface area contributed by atoms with E-state index in [0.29, 0.717) is 11.2 Å². The SMILES string of the molecule is CCNC(=O)NC(=O)[C@H](C)Sc1nnnn1CC(F)(F)F. The number of nitrogens with zero attached hydrogens (tertiary/aromatic N) is 4. The summed E-state index contributed by atoms with van der Waals surface area (Å²) in [6, 6.07) is -0.676. The first-order valence-corrected chi connectivity index (χ1v) is 6.69. The third-order valence-electron chi connectivity index (χ3n) is 2.05. The van der Waals surface area contributed by atoms with Crippen LogP contribution in [-0.2, 0) is 11.3 Å². The van der Waals surface area contributed by atoms with Crippen molar-refractivity contribution in [2.45, 2.75) is 37.0 Å². The molecule has 0 radical (unpaired) electrons. The van der Waals surface area contributed by atoms with Gasteiger partial charge in [0.2, 0.25) is 11.1 Å². The van der Waals surface area contributed by atoms with Gasteiger partial charge in [0.15, 0.2) is 0 Å². The zero-order valence-electron chi connectivity index (χ0n) is 11.1. The molecule has 12 heteroatoms. The number of hydrogen-bond acceptors (Lipinski definition) is 6. The summed E-state index contributed by atoms with van der Waals surface area (Å²) >= 11 is 0.721. The van der Waals surface area contributed by atoms with Crippen LogP contribution in [0.15, 0.2) is 5.16 Å². The predicted molar refractivity (Wildman–Crippen MR) is 66.4 cm³/mol. The third kappa shape index (κ3) is 5.97. The molecule has 1 atom stereocenters. The zero-order valence-corrected chi connectivity index (χ0v) is 12.0. The van der Waals surface area contributed by atoms with E-state index in [1.54, 1.807) is 6.92 Å². The van der Waals surface area contributed by atoms with Crippen molar-refractivity contribution in [3.8, 4) is 0 Å². The lowest BCUT2D eigenvalue weighted by molar-refractivity contribution is -0.144. The van der Waals surface area contributed by atoms with Crippen molar-refractivity contribution in [2.75, 3.05) is 6.54 Å². The Morgan fingerprint density at radius 2 is 2.10 bits per heavy atom. The largest absolute Gasteiger partial charge is 0.408 e. The summed E-state index contributed by atoms with van der Waals surface area (Å²) in [6.45, 7) is 2.08. The van der Waals surface area contributed by atoms with Gasteiger partial charge in [-0.2, -0.15) is 13.2 Å². The number of aromatic nitrogens is 4. The Bertz CT molecular complexity index is 506. The summed E-state index contributed by atoms with van der Waals surface area (Å²) in [4.78, 5) is 22.8. The van der Waals surface area contributed by atoms with Crippen molar-refractivity contribution < 1.29 is 22.8 Å². The van der Waals surface area contributed by atoms with E-state index in [-0.39, 0.29) is 5.16 Å². The Morgan fingerprint density at radius 1 is 1.43 bits per heavy atom. The number of alkyl halides is 3. The van der Waals surface area contributed by atoms with E-state index < -0.39 is 29.9 Å². The van der Waals surface area contributed by atoms with E-state index in [2.05, 4.69) is 26.2 Å². The fourth-order valence-corrected chi connectivity index (χ4v) is 1.97. The molecule has 2 N–H and O–H groups in total. The molecule has 0 saturated carbocycles. The molecule has 0 spiro atoms. The number of thioether (sulfide) groups is 1. The van der Waals surface area contributed by atoms with E-state index in [4.69, 9.17) is 0 Å². The van der Waals surface area contributed by atoms with Crippen LogP contribution < -0.4 is 10.6 Å². The molecule has 0 unspecified atom stereocenters. The number of halogens is 3. The smallest absolute Gasteiger partial charge is 0.338 e. The van der Waals surface area contributed by atoms with Gasteiger partial charge in [-0.3, -0.25) is 10.1 Å². The quantitative estimate of drug-likeness (QED) is 0.767. The summed E-state index contributed by atoms with van der Waals surface area (Å²) in [7, 11) is 0. The minimum absolute atomic E-state index is 0.161. The maximum absolute atomic E-state index is 12.3. The van der Waals surface area contributed by atoms with Crippen LogP contribution in [0.2, 0.25) is 0 Å². The van der Waals surface area contributed by atoms with Crippen molar-refractivity contribution in [2.24, 2.45) is 0 Å². The Hall–Kier alpha value is -1.85. The second-order valence-electron chi connectivity index (χ2n) is 3.84. The van der Waals surface area contributed by atoms with Crippen LogP contribution in [0.4, 0.5) is 18.0 Å². The minimum Gasteiger partial charge on any atom is -0.338 e. The standard InChI is InChI=1S/C9H13F3N6O2S/c1-3-13-7(20)14-6(19)5(2)21-8-15-16-17-18(8)4-9(10,11)12/h5H,3-4H2,1-2H3,(H2,13,14,19,20)/t5-/m0/s1. The molecule has 0 aromatic carbocycles. The molecule has 0 saturated heterocycles. The van der Waals surface area contributed by atoms with Gasteiger partial charge in [0.25, 0.3) is 0 Å². The van der Waals surface area contributed by atoms with Crippen LogP contribution in [0.3, 0.4) is 0 Å². The molecular formula is C9H13F3N6O2S. The van der Waals surface area contributed by atoms with E-state index >= 15 is 0 Å². The number of urea groups is 1. The topological polar surface area (TPSA) is 102 Å². The molecule has 1 aromatic rings. The lowest BCUT2D eigenvalue weighted by Crippen LogP contribution is -2.42. The summed E-state index contributed by atoms with van der Waals surface area (Å²) < 4.78 is 37.4. The average Bonchev–Trinajstić information content (AvgIpc) is 2.74. The molecule has 8 nitrogen and oxygen atoms in total. The Kier molecular flexibility index (Phi) is 5.93. The maximum Gasteiger partial charge on any atom is 0.408 e. The number of carbonyl (C=O) groups is 2. The molecule has 3 amide bonds. The summed E-state index contributed by atoms with van der Waals surface area (Å²) in [5.41, 5.74) is 0.